The Kier molecular flexibility index (Phi) is 6.80. The highest BCUT2D eigenvalue weighted by Gasteiger charge is 2.24. The number of anilines is 2. The van der Waals surface area contributed by atoms with Crippen LogP contribution in [0.4, 0.5) is 11.5 Å². The van der Waals surface area contributed by atoms with Crippen molar-refractivity contribution in [2.75, 3.05) is 23.8 Å². The van der Waals surface area contributed by atoms with Gasteiger partial charge in [0.1, 0.15) is 11.6 Å². The van der Waals surface area contributed by atoms with Crippen LogP contribution in [0.15, 0.2) is 59.5 Å². The summed E-state index contributed by atoms with van der Waals surface area (Å²) in [7, 11) is -0.947. The van der Waals surface area contributed by atoms with Gasteiger partial charge < -0.3 is 10.1 Å². The van der Waals surface area contributed by atoms with Crippen LogP contribution in [0.2, 0.25) is 0 Å². The molecule has 3 aromatic rings. The van der Waals surface area contributed by atoms with Crippen LogP contribution in [-0.2, 0) is 16.6 Å². The number of sulfonamides is 1. The molecule has 3 rings (SSSR count). The number of benzene rings is 2. The highest BCUT2D eigenvalue weighted by Crippen LogP contribution is 2.30. The van der Waals surface area contributed by atoms with E-state index in [-0.39, 0.29) is 16.9 Å². The van der Waals surface area contributed by atoms with Crippen LogP contribution in [-0.4, -0.2) is 38.3 Å². The standard InChI is InChI=1S/C22H23N5O4S/c1-16-15-21(27(25-16)14-6-13-23)24-22(28)17-9-11-18(12-10-17)32(29,30)26(2)19-7-4-5-8-20(19)31-3/h4-5,7-12,15H,6,14H2,1-3H3,(H,24,28). The van der Waals surface area contributed by atoms with Crippen molar-refractivity contribution in [2.45, 2.75) is 24.8 Å². The number of nitrogens with one attached hydrogen (secondary N) is 1. The van der Waals surface area contributed by atoms with Gasteiger partial charge in [0, 0.05) is 18.7 Å². The van der Waals surface area contributed by atoms with E-state index in [1.54, 1.807) is 41.9 Å². The summed E-state index contributed by atoms with van der Waals surface area (Å²) < 4.78 is 34.1. The number of hydrogen-bond acceptors (Lipinski definition) is 6. The van der Waals surface area contributed by atoms with E-state index in [1.165, 1.54) is 38.4 Å². The van der Waals surface area contributed by atoms with E-state index >= 15 is 0 Å². The number of aromatic nitrogens is 2. The van der Waals surface area contributed by atoms with Gasteiger partial charge in [0.2, 0.25) is 0 Å². The Hall–Kier alpha value is -3.84. The molecule has 1 aromatic heterocycles. The summed E-state index contributed by atoms with van der Waals surface area (Å²) in [6, 6.07) is 16.2. The van der Waals surface area contributed by atoms with Crippen molar-refractivity contribution in [3.05, 3.63) is 65.9 Å². The second kappa shape index (κ2) is 9.53. The minimum Gasteiger partial charge on any atom is -0.495 e. The molecule has 0 aliphatic carbocycles. The van der Waals surface area contributed by atoms with Gasteiger partial charge in [0.25, 0.3) is 15.9 Å². The average molecular weight is 454 g/mol. The second-order valence-electron chi connectivity index (χ2n) is 6.93. The largest absolute Gasteiger partial charge is 0.495 e. The predicted molar refractivity (Wildman–Crippen MR) is 120 cm³/mol. The lowest BCUT2D eigenvalue weighted by Gasteiger charge is -2.21. The zero-order chi connectivity index (χ0) is 23.3. The fourth-order valence-corrected chi connectivity index (χ4v) is 4.32. The van der Waals surface area contributed by atoms with Gasteiger partial charge in [-0.15, -0.1) is 0 Å². The Morgan fingerprint density at radius 1 is 1.22 bits per heavy atom. The number of carbonyl (C=O) groups is 1. The summed E-state index contributed by atoms with van der Waals surface area (Å²) in [5.74, 6) is 0.485. The first-order chi connectivity index (χ1) is 15.3. The van der Waals surface area contributed by atoms with Crippen LogP contribution in [0.5, 0.6) is 5.75 Å². The van der Waals surface area contributed by atoms with E-state index < -0.39 is 15.9 Å². The Morgan fingerprint density at radius 3 is 2.56 bits per heavy atom. The zero-order valence-corrected chi connectivity index (χ0v) is 18.8. The topological polar surface area (TPSA) is 117 Å². The number of methoxy groups -OCH3 is 1. The number of ether oxygens (including phenoxy) is 1. The maximum Gasteiger partial charge on any atom is 0.264 e. The Bertz CT molecular complexity index is 1260. The number of rotatable bonds is 8. The monoisotopic (exact) mass is 453 g/mol. The molecule has 2 aromatic carbocycles. The number of nitriles is 1. The molecule has 166 valence electrons. The van der Waals surface area contributed by atoms with Crippen LogP contribution in [0, 0.1) is 18.3 Å². The normalized spacial score (nSPS) is 10.9. The molecule has 0 saturated heterocycles. The lowest BCUT2D eigenvalue weighted by atomic mass is 10.2. The first kappa shape index (κ1) is 22.8. The molecule has 0 bridgehead atoms. The van der Waals surface area contributed by atoms with E-state index in [1.807, 2.05) is 6.07 Å². The van der Waals surface area contributed by atoms with Crippen LogP contribution >= 0.6 is 0 Å². The average Bonchev–Trinajstić information content (AvgIpc) is 3.15. The number of nitrogens with zero attached hydrogens (tertiary/aromatic N) is 4. The summed E-state index contributed by atoms with van der Waals surface area (Å²) in [5, 5.41) is 15.8. The maximum absolute atomic E-state index is 13.1. The Morgan fingerprint density at radius 2 is 1.91 bits per heavy atom. The quantitative estimate of drug-likeness (QED) is 0.560. The van der Waals surface area contributed by atoms with Crippen molar-refractivity contribution >= 4 is 27.4 Å². The molecular formula is C22H23N5O4S. The summed E-state index contributed by atoms with van der Waals surface area (Å²) in [5.41, 5.74) is 1.39. The molecule has 32 heavy (non-hydrogen) atoms. The number of carbonyl (C=O) groups excluding carboxylic acids is 1. The molecule has 0 aliphatic heterocycles. The third-order valence-corrected chi connectivity index (χ3v) is 6.56. The predicted octanol–water partition coefficient (Wildman–Crippen LogP) is 3.19. The SMILES string of the molecule is COc1ccccc1N(C)S(=O)(=O)c1ccc(C(=O)Nc2cc(C)nn2CCC#N)cc1. The molecule has 9 nitrogen and oxygen atoms in total. The second-order valence-corrected chi connectivity index (χ2v) is 8.89. The fourth-order valence-electron chi connectivity index (χ4n) is 3.12. The van der Waals surface area contributed by atoms with Crippen molar-refractivity contribution in [3.63, 3.8) is 0 Å². The zero-order valence-electron chi connectivity index (χ0n) is 17.9. The van der Waals surface area contributed by atoms with Gasteiger partial charge in [-0.2, -0.15) is 10.4 Å². The first-order valence-electron chi connectivity index (χ1n) is 9.72. The summed E-state index contributed by atoms with van der Waals surface area (Å²) in [6.45, 7) is 2.14. The summed E-state index contributed by atoms with van der Waals surface area (Å²) >= 11 is 0. The van der Waals surface area contributed by atoms with Gasteiger partial charge in [-0.25, -0.2) is 13.1 Å². The maximum atomic E-state index is 13.1. The van der Waals surface area contributed by atoms with E-state index in [4.69, 9.17) is 10.00 Å². The Balaban J connectivity index is 1.80. The fraction of sp³-hybridized carbons (Fsp3) is 0.227. The highest BCUT2D eigenvalue weighted by molar-refractivity contribution is 7.92. The lowest BCUT2D eigenvalue weighted by molar-refractivity contribution is 0.102. The molecule has 0 spiro atoms. The molecule has 0 radical (unpaired) electrons. The molecule has 0 saturated carbocycles. The van der Waals surface area contributed by atoms with E-state index in [2.05, 4.69) is 10.4 Å². The molecule has 1 N–H and O–H groups in total. The van der Waals surface area contributed by atoms with Gasteiger partial charge in [0.15, 0.2) is 0 Å². The Labute approximate surface area is 186 Å². The number of hydrogen-bond donors (Lipinski definition) is 1. The lowest BCUT2D eigenvalue weighted by Crippen LogP contribution is -2.27. The number of aryl methyl sites for hydroxylation is 2. The van der Waals surface area contributed by atoms with Crippen LogP contribution < -0.4 is 14.4 Å². The molecule has 0 atom stereocenters. The first-order valence-corrected chi connectivity index (χ1v) is 11.2. The molecule has 0 aliphatic rings. The van der Waals surface area contributed by atoms with Gasteiger partial charge in [-0.3, -0.25) is 9.10 Å². The molecule has 0 fully saturated rings. The van der Waals surface area contributed by atoms with Crippen molar-refractivity contribution in [1.82, 2.24) is 9.78 Å². The van der Waals surface area contributed by atoms with Crippen molar-refractivity contribution in [1.29, 1.82) is 5.26 Å². The van der Waals surface area contributed by atoms with Gasteiger partial charge in [-0.05, 0) is 43.3 Å². The van der Waals surface area contributed by atoms with Crippen molar-refractivity contribution in [3.8, 4) is 11.8 Å². The summed E-state index contributed by atoms with van der Waals surface area (Å²) in [6.07, 6.45) is 0.260. The molecule has 1 heterocycles. The molecule has 1 amide bonds. The minimum absolute atomic E-state index is 0.0392. The molecule has 10 heteroatoms. The highest BCUT2D eigenvalue weighted by atomic mass is 32.2. The number of para-hydroxylation sites is 2. The van der Waals surface area contributed by atoms with Gasteiger partial charge >= 0.3 is 0 Å². The van der Waals surface area contributed by atoms with E-state index in [0.29, 0.717) is 29.5 Å². The van der Waals surface area contributed by atoms with Crippen molar-refractivity contribution in [2.24, 2.45) is 0 Å². The summed E-state index contributed by atoms with van der Waals surface area (Å²) in [4.78, 5) is 12.7. The van der Waals surface area contributed by atoms with Crippen LogP contribution in [0.1, 0.15) is 22.5 Å². The minimum atomic E-state index is -3.86. The van der Waals surface area contributed by atoms with E-state index in [0.717, 1.165) is 4.31 Å². The molecule has 0 unspecified atom stereocenters. The van der Waals surface area contributed by atoms with Crippen LogP contribution in [0.3, 0.4) is 0 Å². The third kappa shape index (κ3) is 4.73. The third-order valence-electron chi connectivity index (χ3n) is 4.78. The smallest absolute Gasteiger partial charge is 0.264 e. The number of amides is 1. The van der Waals surface area contributed by atoms with Crippen LogP contribution in [0.25, 0.3) is 0 Å². The van der Waals surface area contributed by atoms with E-state index in [9.17, 15) is 13.2 Å². The van der Waals surface area contributed by atoms with Gasteiger partial charge in [-0.1, -0.05) is 12.1 Å². The van der Waals surface area contributed by atoms with Crippen molar-refractivity contribution < 1.29 is 17.9 Å². The molecular weight excluding hydrogens is 430 g/mol. The van der Waals surface area contributed by atoms with Gasteiger partial charge in [0.05, 0.1) is 42.4 Å².